The van der Waals surface area contributed by atoms with Crippen LogP contribution < -0.4 is 5.32 Å². The Balaban J connectivity index is 1.79. The van der Waals surface area contributed by atoms with Crippen molar-refractivity contribution in [2.24, 2.45) is 0 Å². The summed E-state index contributed by atoms with van der Waals surface area (Å²) in [6.45, 7) is 1.17. The molecule has 1 saturated heterocycles. The molecule has 1 aromatic rings. The first-order chi connectivity index (χ1) is 9.70. The fourth-order valence-electron chi connectivity index (χ4n) is 2.57. The first-order valence-electron chi connectivity index (χ1n) is 7.10. The van der Waals surface area contributed by atoms with Gasteiger partial charge in [0.25, 0.3) is 0 Å². The van der Waals surface area contributed by atoms with E-state index in [1.807, 2.05) is 6.07 Å². The number of rotatable bonds is 4. The normalized spacial score (nSPS) is 18.9. The number of urea groups is 1. The Kier molecular flexibility index (Phi) is 5.35. The van der Waals surface area contributed by atoms with E-state index in [9.17, 15) is 14.3 Å². The second-order valence-corrected chi connectivity index (χ2v) is 5.14. The number of hydrogen-bond donors (Lipinski definition) is 2. The van der Waals surface area contributed by atoms with E-state index in [-0.39, 0.29) is 24.5 Å². The van der Waals surface area contributed by atoms with Crippen LogP contribution in [0.15, 0.2) is 24.3 Å². The standard InChI is InChI=1S/C15H21FN2O2/c16-13-5-3-4-12(10-13)7-8-17-15(20)18-9-2-1-6-14(18)11-19/h3-5,10,14,19H,1-2,6-9,11H2,(H,17,20)/t14-/m0/s1. The van der Waals surface area contributed by atoms with Gasteiger partial charge in [-0.15, -0.1) is 0 Å². The minimum absolute atomic E-state index is 0.0112. The Hall–Kier alpha value is -1.62. The highest BCUT2D eigenvalue weighted by atomic mass is 19.1. The Bertz CT molecular complexity index is 453. The molecule has 0 radical (unpaired) electrons. The number of nitrogens with zero attached hydrogens (tertiary/aromatic N) is 1. The van der Waals surface area contributed by atoms with Crippen LogP contribution in [0.25, 0.3) is 0 Å². The molecular formula is C15H21FN2O2. The molecule has 1 aromatic carbocycles. The second-order valence-electron chi connectivity index (χ2n) is 5.14. The van der Waals surface area contributed by atoms with Gasteiger partial charge in [-0.2, -0.15) is 0 Å². The number of nitrogens with one attached hydrogen (secondary N) is 1. The molecule has 1 heterocycles. The minimum atomic E-state index is -0.259. The van der Waals surface area contributed by atoms with Gasteiger partial charge in [0.05, 0.1) is 12.6 Å². The van der Waals surface area contributed by atoms with Crippen LogP contribution in [-0.2, 0) is 6.42 Å². The molecule has 0 unspecified atom stereocenters. The van der Waals surface area contributed by atoms with Crippen molar-refractivity contribution in [3.05, 3.63) is 35.6 Å². The molecule has 2 rings (SSSR count). The smallest absolute Gasteiger partial charge is 0.317 e. The van der Waals surface area contributed by atoms with Crippen LogP contribution >= 0.6 is 0 Å². The van der Waals surface area contributed by atoms with Gasteiger partial charge in [-0.05, 0) is 43.4 Å². The van der Waals surface area contributed by atoms with Crippen LogP contribution in [0.1, 0.15) is 24.8 Å². The van der Waals surface area contributed by atoms with Crippen LogP contribution in [0, 0.1) is 5.82 Å². The van der Waals surface area contributed by atoms with Gasteiger partial charge in [0, 0.05) is 13.1 Å². The zero-order valence-corrected chi connectivity index (χ0v) is 11.5. The zero-order chi connectivity index (χ0) is 14.4. The molecule has 0 spiro atoms. The van der Waals surface area contributed by atoms with Crippen molar-refractivity contribution < 1.29 is 14.3 Å². The molecule has 0 aromatic heterocycles. The largest absolute Gasteiger partial charge is 0.394 e. The van der Waals surface area contributed by atoms with Gasteiger partial charge in [-0.3, -0.25) is 0 Å². The molecule has 1 aliphatic rings. The minimum Gasteiger partial charge on any atom is -0.394 e. The molecule has 0 bridgehead atoms. The van der Waals surface area contributed by atoms with Crippen molar-refractivity contribution in [1.29, 1.82) is 0 Å². The number of aliphatic hydroxyl groups is 1. The number of carbonyl (C=O) groups is 1. The lowest BCUT2D eigenvalue weighted by Crippen LogP contribution is -2.50. The fraction of sp³-hybridized carbons (Fsp3) is 0.533. The average Bonchev–Trinajstić information content (AvgIpc) is 2.47. The van der Waals surface area contributed by atoms with E-state index in [1.165, 1.54) is 12.1 Å². The van der Waals surface area contributed by atoms with Crippen molar-refractivity contribution >= 4 is 6.03 Å². The lowest BCUT2D eigenvalue weighted by molar-refractivity contribution is 0.108. The highest BCUT2D eigenvalue weighted by Crippen LogP contribution is 2.16. The van der Waals surface area contributed by atoms with Gasteiger partial charge < -0.3 is 15.3 Å². The maximum absolute atomic E-state index is 13.0. The average molecular weight is 280 g/mol. The Morgan fingerprint density at radius 1 is 1.45 bits per heavy atom. The van der Waals surface area contributed by atoms with Gasteiger partial charge in [-0.1, -0.05) is 12.1 Å². The molecule has 5 heteroatoms. The molecular weight excluding hydrogens is 259 g/mol. The summed E-state index contributed by atoms with van der Waals surface area (Å²) in [5, 5.41) is 12.1. The van der Waals surface area contributed by atoms with E-state index in [4.69, 9.17) is 0 Å². The molecule has 20 heavy (non-hydrogen) atoms. The lowest BCUT2D eigenvalue weighted by atomic mass is 10.0. The van der Waals surface area contributed by atoms with Crippen molar-refractivity contribution in [3.63, 3.8) is 0 Å². The first-order valence-corrected chi connectivity index (χ1v) is 7.10. The molecule has 110 valence electrons. The topological polar surface area (TPSA) is 52.6 Å². The van der Waals surface area contributed by atoms with Gasteiger partial charge in [0.2, 0.25) is 0 Å². The summed E-state index contributed by atoms with van der Waals surface area (Å²) >= 11 is 0. The quantitative estimate of drug-likeness (QED) is 0.885. The molecule has 2 amide bonds. The number of aliphatic hydroxyl groups excluding tert-OH is 1. The number of carbonyl (C=O) groups excluding carboxylic acids is 1. The van der Waals surface area contributed by atoms with E-state index in [1.54, 1.807) is 11.0 Å². The van der Waals surface area contributed by atoms with E-state index < -0.39 is 0 Å². The molecule has 4 nitrogen and oxygen atoms in total. The first kappa shape index (κ1) is 14.8. The van der Waals surface area contributed by atoms with Gasteiger partial charge in [0.15, 0.2) is 0 Å². The third-order valence-electron chi connectivity index (χ3n) is 3.68. The summed E-state index contributed by atoms with van der Waals surface area (Å²) in [5.41, 5.74) is 0.864. The van der Waals surface area contributed by atoms with Crippen LogP contribution in [-0.4, -0.2) is 41.8 Å². The Morgan fingerprint density at radius 2 is 2.30 bits per heavy atom. The van der Waals surface area contributed by atoms with E-state index in [2.05, 4.69) is 5.32 Å². The molecule has 1 fully saturated rings. The summed E-state index contributed by atoms with van der Waals surface area (Å²) in [6, 6.07) is 6.18. The van der Waals surface area contributed by atoms with Crippen molar-refractivity contribution in [3.8, 4) is 0 Å². The number of benzene rings is 1. The molecule has 0 saturated carbocycles. The van der Waals surface area contributed by atoms with E-state index in [0.717, 1.165) is 24.8 Å². The fourth-order valence-corrected chi connectivity index (χ4v) is 2.57. The summed E-state index contributed by atoms with van der Waals surface area (Å²) in [7, 11) is 0. The summed E-state index contributed by atoms with van der Waals surface area (Å²) < 4.78 is 13.0. The van der Waals surface area contributed by atoms with Crippen LogP contribution in [0.3, 0.4) is 0 Å². The summed E-state index contributed by atoms with van der Waals surface area (Å²) in [4.78, 5) is 13.8. The SMILES string of the molecule is O=C(NCCc1cccc(F)c1)N1CCCC[C@H]1CO. The molecule has 1 aliphatic heterocycles. The highest BCUT2D eigenvalue weighted by molar-refractivity contribution is 5.74. The third-order valence-corrected chi connectivity index (χ3v) is 3.68. The maximum atomic E-state index is 13.0. The van der Waals surface area contributed by atoms with Crippen molar-refractivity contribution in [2.45, 2.75) is 31.7 Å². The highest BCUT2D eigenvalue weighted by Gasteiger charge is 2.25. The van der Waals surface area contributed by atoms with Gasteiger partial charge >= 0.3 is 6.03 Å². The second kappa shape index (κ2) is 7.24. The third kappa shape index (κ3) is 3.93. The van der Waals surface area contributed by atoms with Crippen molar-refractivity contribution in [2.75, 3.05) is 19.7 Å². The number of hydrogen-bond acceptors (Lipinski definition) is 2. The van der Waals surface area contributed by atoms with E-state index in [0.29, 0.717) is 19.5 Å². The number of piperidine rings is 1. The maximum Gasteiger partial charge on any atom is 0.317 e. The van der Waals surface area contributed by atoms with Crippen LogP contribution in [0.4, 0.5) is 9.18 Å². The number of halogens is 1. The number of amides is 2. The molecule has 2 N–H and O–H groups in total. The van der Waals surface area contributed by atoms with E-state index >= 15 is 0 Å². The molecule has 1 atom stereocenters. The Labute approximate surface area is 118 Å². The predicted molar refractivity (Wildman–Crippen MR) is 74.9 cm³/mol. The Morgan fingerprint density at radius 3 is 3.05 bits per heavy atom. The van der Waals surface area contributed by atoms with Crippen molar-refractivity contribution in [1.82, 2.24) is 10.2 Å². The van der Waals surface area contributed by atoms with Crippen LogP contribution in [0.5, 0.6) is 0 Å². The van der Waals surface area contributed by atoms with Gasteiger partial charge in [-0.25, -0.2) is 9.18 Å². The summed E-state index contributed by atoms with van der Waals surface area (Å²) in [6.07, 6.45) is 3.49. The van der Waals surface area contributed by atoms with Gasteiger partial charge in [0.1, 0.15) is 5.82 Å². The lowest BCUT2D eigenvalue weighted by Gasteiger charge is -2.34. The number of likely N-dealkylation sites (tertiary alicyclic amines) is 1. The monoisotopic (exact) mass is 280 g/mol. The van der Waals surface area contributed by atoms with Crippen LogP contribution in [0.2, 0.25) is 0 Å². The predicted octanol–water partition coefficient (Wildman–Crippen LogP) is 1.92. The zero-order valence-electron chi connectivity index (χ0n) is 11.5. The summed E-state index contributed by atoms with van der Waals surface area (Å²) in [5.74, 6) is -0.259. The molecule has 0 aliphatic carbocycles.